The second kappa shape index (κ2) is 6.82. The zero-order valence-electron chi connectivity index (χ0n) is 13.9. The van der Waals surface area contributed by atoms with Crippen LogP contribution < -0.4 is 5.32 Å². The number of carbonyl (C=O) groups excluding carboxylic acids is 1. The molecule has 0 heterocycles. The maximum atomic E-state index is 12.9. The number of carbonyl (C=O) groups is 1. The van der Waals surface area contributed by atoms with E-state index in [0.29, 0.717) is 17.4 Å². The molecular formula is C18H24FNO3S. The van der Waals surface area contributed by atoms with Crippen LogP contribution in [-0.2, 0) is 20.4 Å². The van der Waals surface area contributed by atoms with Gasteiger partial charge in [-0.3, -0.25) is 4.79 Å². The van der Waals surface area contributed by atoms with Gasteiger partial charge in [0.25, 0.3) is 0 Å². The lowest BCUT2D eigenvalue weighted by molar-refractivity contribution is -0.119. The lowest BCUT2D eigenvalue weighted by Gasteiger charge is -2.28. The van der Waals surface area contributed by atoms with E-state index < -0.39 is 27.3 Å². The highest BCUT2D eigenvalue weighted by Gasteiger charge is 2.42. The van der Waals surface area contributed by atoms with Crippen molar-refractivity contribution < 1.29 is 17.6 Å². The number of rotatable bonds is 6. The molecule has 0 unspecified atom stereocenters. The summed E-state index contributed by atoms with van der Waals surface area (Å²) in [5.74, 6) is 0.342. The molecule has 2 aliphatic rings. The van der Waals surface area contributed by atoms with Crippen LogP contribution in [-0.4, -0.2) is 26.1 Å². The third-order valence-electron chi connectivity index (χ3n) is 5.47. The summed E-state index contributed by atoms with van der Waals surface area (Å²) >= 11 is 0. The zero-order valence-corrected chi connectivity index (χ0v) is 14.7. The van der Waals surface area contributed by atoms with Gasteiger partial charge in [0.15, 0.2) is 9.84 Å². The van der Waals surface area contributed by atoms with Gasteiger partial charge < -0.3 is 5.32 Å². The lowest BCUT2D eigenvalue weighted by Crippen LogP contribution is -2.42. The summed E-state index contributed by atoms with van der Waals surface area (Å²) in [6.45, 7) is 1.98. The largest absolute Gasteiger partial charge is 0.352 e. The number of halogens is 1. The van der Waals surface area contributed by atoms with Crippen molar-refractivity contribution in [3.63, 3.8) is 0 Å². The van der Waals surface area contributed by atoms with Crippen molar-refractivity contribution in [3.05, 3.63) is 35.6 Å². The van der Waals surface area contributed by atoms with E-state index in [-0.39, 0.29) is 11.8 Å². The van der Waals surface area contributed by atoms with Gasteiger partial charge in [0.1, 0.15) is 11.6 Å². The van der Waals surface area contributed by atoms with Gasteiger partial charge in [0.05, 0.1) is 5.75 Å². The highest BCUT2D eigenvalue weighted by Crippen LogP contribution is 2.49. The second-order valence-electron chi connectivity index (χ2n) is 7.35. The van der Waals surface area contributed by atoms with E-state index in [2.05, 4.69) is 5.32 Å². The van der Waals surface area contributed by atoms with E-state index >= 15 is 0 Å². The summed E-state index contributed by atoms with van der Waals surface area (Å²) in [6, 6.07) is 5.34. The molecule has 0 saturated heterocycles. The summed E-state index contributed by atoms with van der Waals surface area (Å²) in [6.07, 6.45) is 4.94. The van der Waals surface area contributed by atoms with Gasteiger partial charge in [0.2, 0.25) is 5.91 Å². The Bertz CT molecular complexity index is 701. The minimum atomic E-state index is -3.56. The molecule has 4 nitrogen and oxygen atoms in total. The van der Waals surface area contributed by atoms with Crippen molar-refractivity contribution in [3.8, 4) is 0 Å². The van der Waals surface area contributed by atoms with Gasteiger partial charge in [-0.1, -0.05) is 18.6 Å². The fraction of sp³-hybridized carbons (Fsp3) is 0.611. The average Bonchev–Trinajstić information content (AvgIpc) is 3.11. The Balaban J connectivity index is 1.52. The van der Waals surface area contributed by atoms with Crippen molar-refractivity contribution in [2.24, 2.45) is 17.8 Å². The molecule has 0 aliphatic heterocycles. The average molecular weight is 353 g/mol. The van der Waals surface area contributed by atoms with Crippen molar-refractivity contribution in [2.75, 3.05) is 5.75 Å². The SMILES string of the molecule is C[C@@H](NC(=O)CS(=O)(=O)Cc1ccc(F)cc1)[C@H]1C[C@H]2CC[C@H]1C2. The molecule has 1 aromatic carbocycles. The van der Waals surface area contributed by atoms with Crippen LogP contribution in [0.25, 0.3) is 0 Å². The maximum Gasteiger partial charge on any atom is 0.235 e. The number of nitrogens with one attached hydrogen (secondary N) is 1. The Kier molecular flexibility index (Phi) is 4.95. The molecule has 1 amide bonds. The molecule has 3 rings (SSSR count). The highest BCUT2D eigenvalue weighted by molar-refractivity contribution is 7.91. The molecule has 1 aromatic rings. The third-order valence-corrected chi connectivity index (χ3v) is 6.95. The lowest BCUT2D eigenvalue weighted by atomic mass is 9.84. The van der Waals surface area contributed by atoms with Crippen LogP contribution in [0.2, 0.25) is 0 Å². The molecule has 2 fully saturated rings. The van der Waals surface area contributed by atoms with Gasteiger partial charge in [-0.15, -0.1) is 0 Å². The molecule has 2 saturated carbocycles. The molecule has 0 spiro atoms. The molecule has 6 heteroatoms. The number of sulfone groups is 1. The van der Waals surface area contributed by atoms with E-state index in [1.54, 1.807) is 0 Å². The van der Waals surface area contributed by atoms with Crippen LogP contribution in [0.1, 0.15) is 38.2 Å². The fourth-order valence-corrected chi connectivity index (χ4v) is 5.68. The van der Waals surface area contributed by atoms with Crippen molar-refractivity contribution >= 4 is 15.7 Å². The molecule has 2 bridgehead atoms. The predicted molar refractivity (Wildman–Crippen MR) is 90.4 cm³/mol. The van der Waals surface area contributed by atoms with E-state index in [1.807, 2.05) is 6.92 Å². The van der Waals surface area contributed by atoms with Gasteiger partial charge in [-0.25, -0.2) is 12.8 Å². The number of amides is 1. The monoisotopic (exact) mass is 353 g/mol. The quantitative estimate of drug-likeness (QED) is 0.855. The van der Waals surface area contributed by atoms with Crippen LogP contribution in [0.3, 0.4) is 0 Å². The summed E-state index contributed by atoms with van der Waals surface area (Å²) in [5, 5.41) is 2.88. The highest BCUT2D eigenvalue weighted by atomic mass is 32.2. The van der Waals surface area contributed by atoms with E-state index in [1.165, 1.54) is 43.5 Å². The molecule has 1 N–H and O–H groups in total. The molecule has 0 radical (unpaired) electrons. The summed E-state index contributed by atoms with van der Waals surface area (Å²) in [5.41, 5.74) is 0.491. The number of benzene rings is 1. The van der Waals surface area contributed by atoms with Crippen molar-refractivity contribution in [1.29, 1.82) is 0 Å². The Morgan fingerprint density at radius 3 is 2.54 bits per heavy atom. The second-order valence-corrected chi connectivity index (χ2v) is 9.42. The molecular weight excluding hydrogens is 329 g/mol. The first kappa shape index (κ1) is 17.4. The first-order chi connectivity index (χ1) is 11.3. The molecule has 132 valence electrons. The Morgan fingerprint density at radius 1 is 1.25 bits per heavy atom. The summed E-state index contributed by atoms with van der Waals surface area (Å²) in [4.78, 5) is 12.1. The summed E-state index contributed by atoms with van der Waals surface area (Å²) < 4.78 is 37.2. The standard InChI is InChI=1S/C18H24FNO3S/c1-12(17-9-14-2-5-15(17)8-14)20-18(21)11-24(22,23)10-13-3-6-16(19)7-4-13/h3-4,6-7,12,14-15,17H,2,5,8-11H2,1H3,(H,20,21)/t12-,14+,15+,17-/m1/s1. The van der Waals surface area contributed by atoms with Crippen LogP contribution in [0.5, 0.6) is 0 Å². The number of fused-ring (bicyclic) bond motifs is 2. The topological polar surface area (TPSA) is 63.2 Å². The van der Waals surface area contributed by atoms with Gasteiger partial charge in [0, 0.05) is 6.04 Å². The smallest absolute Gasteiger partial charge is 0.235 e. The Morgan fingerprint density at radius 2 is 1.96 bits per heavy atom. The Hall–Kier alpha value is -1.43. The zero-order chi connectivity index (χ0) is 17.3. The van der Waals surface area contributed by atoms with Gasteiger partial charge >= 0.3 is 0 Å². The minimum absolute atomic E-state index is 0.0221. The Labute approximate surface area is 142 Å². The van der Waals surface area contributed by atoms with Crippen molar-refractivity contribution in [2.45, 2.75) is 44.4 Å². The number of hydrogen-bond acceptors (Lipinski definition) is 3. The van der Waals surface area contributed by atoms with Crippen LogP contribution in [0.4, 0.5) is 4.39 Å². The van der Waals surface area contributed by atoms with Crippen LogP contribution in [0.15, 0.2) is 24.3 Å². The first-order valence-electron chi connectivity index (χ1n) is 8.56. The van der Waals surface area contributed by atoms with Crippen LogP contribution >= 0.6 is 0 Å². The van der Waals surface area contributed by atoms with Crippen LogP contribution in [0, 0.1) is 23.6 Å². The molecule has 0 aromatic heterocycles. The summed E-state index contributed by atoms with van der Waals surface area (Å²) in [7, 11) is -3.56. The van der Waals surface area contributed by atoms with E-state index in [9.17, 15) is 17.6 Å². The molecule has 2 aliphatic carbocycles. The fourth-order valence-electron chi connectivity index (χ4n) is 4.39. The third kappa shape index (κ3) is 4.15. The minimum Gasteiger partial charge on any atom is -0.352 e. The molecule has 24 heavy (non-hydrogen) atoms. The first-order valence-corrected chi connectivity index (χ1v) is 10.4. The van der Waals surface area contributed by atoms with Gasteiger partial charge in [-0.2, -0.15) is 0 Å². The van der Waals surface area contributed by atoms with E-state index in [4.69, 9.17) is 0 Å². The van der Waals surface area contributed by atoms with E-state index in [0.717, 1.165) is 12.3 Å². The van der Waals surface area contributed by atoms with Crippen molar-refractivity contribution in [1.82, 2.24) is 5.32 Å². The predicted octanol–water partition coefficient (Wildman–Crippen LogP) is 2.68. The van der Waals surface area contributed by atoms with Gasteiger partial charge in [-0.05, 0) is 61.6 Å². The maximum absolute atomic E-state index is 12.9. The number of hydrogen-bond donors (Lipinski definition) is 1. The molecule has 4 atom stereocenters. The normalized spacial score (nSPS) is 27.2.